The molecule has 2 aromatic rings. The summed E-state index contributed by atoms with van der Waals surface area (Å²) in [6, 6.07) is 7.74. The second kappa shape index (κ2) is 8.19. The third-order valence-electron chi connectivity index (χ3n) is 4.16. The van der Waals surface area contributed by atoms with E-state index in [1.165, 1.54) is 5.56 Å². The van der Waals surface area contributed by atoms with Gasteiger partial charge in [-0.3, -0.25) is 4.90 Å². The van der Waals surface area contributed by atoms with Crippen LogP contribution in [0.15, 0.2) is 36.8 Å². The summed E-state index contributed by atoms with van der Waals surface area (Å²) in [6.45, 7) is 3.06. The Bertz CT molecular complexity index is 648. The third kappa shape index (κ3) is 4.50. The van der Waals surface area contributed by atoms with Crippen molar-refractivity contribution in [3.63, 3.8) is 0 Å². The molecule has 2 heterocycles. The Kier molecular flexibility index (Phi) is 5.74. The first-order chi connectivity index (χ1) is 11.7. The zero-order chi connectivity index (χ0) is 16.8. The first-order valence-electron chi connectivity index (χ1n) is 8.13. The Morgan fingerprint density at radius 2 is 2.12 bits per heavy atom. The summed E-state index contributed by atoms with van der Waals surface area (Å²) in [7, 11) is 1.65. The minimum Gasteiger partial charge on any atom is -0.497 e. The van der Waals surface area contributed by atoms with Gasteiger partial charge in [0.2, 0.25) is 0 Å². The van der Waals surface area contributed by atoms with E-state index in [9.17, 15) is 5.11 Å². The third-order valence-corrected chi connectivity index (χ3v) is 4.16. The molecule has 0 bridgehead atoms. The van der Waals surface area contributed by atoms with Crippen molar-refractivity contribution in [3.05, 3.63) is 53.6 Å². The minimum absolute atomic E-state index is 0.319. The number of benzene rings is 1. The largest absolute Gasteiger partial charge is 0.497 e. The first kappa shape index (κ1) is 16.8. The molecule has 1 aliphatic rings. The maximum atomic E-state index is 10.2. The van der Waals surface area contributed by atoms with Crippen LogP contribution in [-0.2, 0) is 24.3 Å². The molecule has 0 spiro atoms. The number of fused-ring (bicyclic) bond motifs is 1. The summed E-state index contributed by atoms with van der Waals surface area (Å²) in [5, 5.41) is 10.2. The maximum absolute atomic E-state index is 10.2. The van der Waals surface area contributed by atoms with Crippen molar-refractivity contribution >= 4 is 0 Å². The molecule has 0 saturated heterocycles. The van der Waals surface area contributed by atoms with E-state index in [0.717, 1.165) is 36.5 Å². The number of hydrogen-bond acceptors (Lipinski definition) is 6. The molecule has 6 heteroatoms. The van der Waals surface area contributed by atoms with E-state index in [0.29, 0.717) is 19.8 Å². The van der Waals surface area contributed by atoms with Gasteiger partial charge < -0.3 is 14.6 Å². The van der Waals surface area contributed by atoms with Crippen LogP contribution in [0, 0.1) is 0 Å². The molecule has 1 atom stereocenters. The number of methoxy groups -OCH3 is 1. The summed E-state index contributed by atoms with van der Waals surface area (Å²) >= 11 is 0. The van der Waals surface area contributed by atoms with Gasteiger partial charge in [-0.1, -0.05) is 12.1 Å². The molecule has 1 aromatic carbocycles. The Hall–Kier alpha value is -2.02. The molecule has 1 aliphatic heterocycles. The zero-order valence-electron chi connectivity index (χ0n) is 13.9. The number of aliphatic hydroxyl groups is 1. The number of nitrogens with zero attached hydrogens (tertiary/aromatic N) is 3. The van der Waals surface area contributed by atoms with Crippen LogP contribution in [0.25, 0.3) is 0 Å². The molecule has 24 heavy (non-hydrogen) atoms. The average Bonchev–Trinajstić information content (AvgIpc) is 2.62. The lowest BCUT2D eigenvalue weighted by molar-refractivity contribution is 0.00747. The zero-order valence-corrected chi connectivity index (χ0v) is 13.9. The van der Waals surface area contributed by atoms with Gasteiger partial charge in [-0.15, -0.1) is 0 Å². The fourth-order valence-corrected chi connectivity index (χ4v) is 2.85. The summed E-state index contributed by atoms with van der Waals surface area (Å²) in [5.74, 6) is 0.827. The second-order valence-corrected chi connectivity index (χ2v) is 6.00. The van der Waals surface area contributed by atoms with Crippen molar-refractivity contribution in [2.45, 2.75) is 25.7 Å². The van der Waals surface area contributed by atoms with Crippen LogP contribution in [0.4, 0.5) is 0 Å². The molecule has 1 N–H and O–H groups in total. The SMILES string of the molecule is COc1ccc(COC[C@@H](O)CN2CCc3cncnc3C2)cc1. The number of β-amino-alcohol motifs (C(OH)–C–C–N with tert-alkyl or cyclic N) is 1. The highest BCUT2D eigenvalue weighted by Crippen LogP contribution is 2.16. The Labute approximate surface area is 142 Å². The molecule has 3 rings (SSSR count). The Morgan fingerprint density at radius 3 is 2.92 bits per heavy atom. The molecule has 6 nitrogen and oxygen atoms in total. The van der Waals surface area contributed by atoms with Gasteiger partial charge in [0.25, 0.3) is 0 Å². The number of hydrogen-bond donors (Lipinski definition) is 1. The molecule has 0 saturated carbocycles. The molecular formula is C18H23N3O3. The number of aromatic nitrogens is 2. The fraction of sp³-hybridized carbons (Fsp3) is 0.444. The quantitative estimate of drug-likeness (QED) is 0.829. The van der Waals surface area contributed by atoms with E-state index in [-0.39, 0.29) is 0 Å². The predicted octanol–water partition coefficient (Wildman–Crippen LogP) is 1.42. The Balaban J connectivity index is 1.40. The van der Waals surface area contributed by atoms with E-state index >= 15 is 0 Å². The van der Waals surface area contributed by atoms with Crippen molar-refractivity contribution in [3.8, 4) is 5.75 Å². The van der Waals surface area contributed by atoms with Crippen LogP contribution in [0.2, 0.25) is 0 Å². The van der Waals surface area contributed by atoms with Gasteiger partial charge in [0, 0.05) is 25.8 Å². The smallest absolute Gasteiger partial charge is 0.118 e. The van der Waals surface area contributed by atoms with Crippen molar-refractivity contribution < 1.29 is 14.6 Å². The molecule has 0 amide bonds. The van der Waals surface area contributed by atoms with E-state index in [1.807, 2.05) is 30.5 Å². The molecule has 1 aromatic heterocycles. The molecule has 0 radical (unpaired) electrons. The average molecular weight is 329 g/mol. The van der Waals surface area contributed by atoms with Crippen LogP contribution < -0.4 is 4.74 Å². The minimum atomic E-state index is -0.508. The van der Waals surface area contributed by atoms with Gasteiger partial charge in [0.15, 0.2) is 0 Å². The number of aliphatic hydroxyl groups excluding tert-OH is 1. The summed E-state index contributed by atoms with van der Waals surface area (Å²) in [6.07, 6.45) is 3.88. The molecule has 0 aliphatic carbocycles. The summed E-state index contributed by atoms with van der Waals surface area (Å²) in [5.41, 5.74) is 3.33. The number of ether oxygens (including phenoxy) is 2. The van der Waals surface area contributed by atoms with Crippen molar-refractivity contribution in [1.29, 1.82) is 0 Å². The Morgan fingerprint density at radius 1 is 1.29 bits per heavy atom. The normalized spacial score (nSPS) is 15.8. The summed E-state index contributed by atoms with van der Waals surface area (Å²) < 4.78 is 10.7. The predicted molar refractivity (Wildman–Crippen MR) is 89.7 cm³/mol. The van der Waals surface area contributed by atoms with Gasteiger partial charge in [0.05, 0.1) is 32.1 Å². The van der Waals surface area contributed by atoms with Gasteiger partial charge >= 0.3 is 0 Å². The van der Waals surface area contributed by atoms with Crippen LogP contribution in [0.5, 0.6) is 5.75 Å². The molecule has 0 fully saturated rings. The van der Waals surface area contributed by atoms with E-state index in [2.05, 4.69) is 14.9 Å². The van der Waals surface area contributed by atoms with E-state index < -0.39 is 6.10 Å². The monoisotopic (exact) mass is 329 g/mol. The van der Waals surface area contributed by atoms with Gasteiger partial charge in [0.1, 0.15) is 12.1 Å². The molecule has 128 valence electrons. The van der Waals surface area contributed by atoms with E-state index in [1.54, 1.807) is 13.4 Å². The van der Waals surface area contributed by atoms with Crippen molar-refractivity contribution in [1.82, 2.24) is 14.9 Å². The lowest BCUT2D eigenvalue weighted by atomic mass is 10.1. The van der Waals surface area contributed by atoms with Crippen LogP contribution in [0.3, 0.4) is 0 Å². The van der Waals surface area contributed by atoms with Gasteiger partial charge in [-0.05, 0) is 29.7 Å². The topological polar surface area (TPSA) is 67.7 Å². The lowest BCUT2D eigenvalue weighted by Crippen LogP contribution is -2.38. The van der Waals surface area contributed by atoms with Gasteiger partial charge in [-0.2, -0.15) is 0 Å². The van der Waals surface area contributed by atoms with Crippen LogP contribution in [0.1, 0.15) is 16.8 Å². The van der Waals surface area contributed by atoms with Gasteiger partial charge in [-0.25, -0.2) is 9.97 Å². The van der Waals surface area contributed by atoms with Crippen molar-refractivity contribution in [2.24, 2.45) is 0 Å². The highest BCUT2D eigenvalue weighted by atomic mass is 16.5. The van der Waals surface area contributed by atoms with Crippen LogP contribution in [-0.4, -0.2) is 52.9 Å². The first-order valence-corrected chi connectivity index (χ1v) is 8.13. The van der Waals surface area contributed by atoms with Crippen molar-refractivity contribution in [2.75, 3.05) is 26.8 Å². The highest BCUT2D eigenvalue weighted by molar-refractivity contribution is 5.26. The number of rotatable bonds is 7. The summed E-state index contributed by atoms with van der Waals surface area (Å²) in [4.78, 5) is 10.6. The maximum Gasteiger partial charge on any atom is 0.118 e. The molecular weight excluding hydrogens is 306 g/mol. The van der Waals surface area contributed by atoms with E-state index in [4.69, 9.17) is 9.47 Å². The lowest BCUT2D eigenvalue weighted by Gasteiger charge is -2.29. The molecule has 0 unspecified atom stereocenters. The fourth-order valence-electron chi connectivity index (χ4n) is 2.85. The second-order valence-electron chi connectivity index (χ2n) is 6.00. The highest BCUT2D eigenvalue weighted by Gasteiger charge is 2.19. The van der Waals surface area contributed by atoms with Crippen LogP contribution >= 0.6 is 0 Å². The standard InChI is InChI=1S/C18H23N3O3/c1-23-17-4-2-14(3-5-17)11-24-12-16(22)9-21-7-6-15-8-19-13-20-18(15)10-21/h2-5,8,13,16,22H,6-7,9-12H2,1H3/t16-/m0/s1.